The van der Waals surface area contributed by atoms with E-state index in [9.17, 15) is 4.79 Å². The van der Waals surface area contributed by atoms with Gasteiger partial charge in [-0.05, 0) is 62.4 Å². The molecule has 1 aromatic carbocycles. The number of amides is 1. The van der Waals surface area contributed by atoms with Crippen molar-refractivity contribution in [2.45, 2.75) is 26.7 Å². The van der Waals surface area contributed by atoms with E-state index in [1.54, 1.807) is 7.11 Å². The first kappa shape index (κ1) is 17.8. The molecule has 24 heavy (non-hydrogen) atoms. The summed E-state index contributed by atoms with van der Waals surface area (Å²) >= 11 is 0. The topological polar surface area (TPSA) is 62.7 Å². The highest BCUT2D eigenvalue weighted by Gasteiger charge is 2.18. The van der Waals surface area contributed by atoms with Gasteiger partial charge < -0.3 is 10.1 Å². The van der Waals surface area contributed by atoms with E-state index in [2.05, 4.69) is 28.5 Å². The van der Waals surface area contributed by atoms with Crippen LogP contribution in [0.15, 0.2) is 53.2 Å². The van der Waals surface area contributed by atoms with Crippen LogP contribution in [0, 0.1) is 5.92 Å². The van der Waals surface area contributed by atoms with E-state index in [0.29, 0.717) is 5.92 Å². The number of nitrogens with one attached hydrogen (secondary N) is 2. The number of allylic oxidation sites excluding steroid dienone is 3. The highest BCUT2D eigenvalue weighted by molar-refractivity contribution is 6.01. The van der Waals surface area contributed by atoms with Gasteiger partial charge in [0.15, 0.2) is 0 Å². The zero-order valence-electron chi connectivity index (χ0n) is 14.6. The molecule has 0 aliphatic heterocycles. The van der Waals surface area contributed by atoms with E-state index in [0.717, 1.165) is 41.1 Å². The van der Waals surface area contributed by atoms with Gasteiger partial charge in [0, 0.05) is 5.69 Å². The molecule has 0 fully saturated rings. The van der Waals surface area contributed by atoms with Crippen molar-refractivity contribution in [1.82, 2.24) is 5.43 Å². The van der Waals surface area contributed by atoms with Crippen molar-refractivity contribution in [3.63, 3.8) is 0 Å². The lowest BCUT2D eigenvalue weighted by Gasteiger charge is -2.22. The fourth-order valence-corrected chi connectivity index (χ4v) is 2.48. The van der Waals surface area contributed by atoms with Crippen molar-refractivity contribution in [2.24, 2.45) is 11.0 Å². The quantitative estimate of drug-likeness (QED) is 0.621. The van der Waals surface area contributed by atoms with Crippen molar-refractivity contribution in [3.8, 4) is 5.75 Å². The Hall–Kier alpha value is -2.56. The van der Waals surface area contributed by atoms with Crippen LogP contribution in [-0.4, -0.2) is 25.3 Å². The molecule has 0 saturated carbocycles. The number of carbonyl (C=O) groups excluding carboxylic acids is 1. The molecule has 0 spiro atoms. The predicted octanol–water partition coefficient (Wildman–Crippen LogP) is 3.51. The number of carbonyl (C=O) groups is 1. The number of ether oxygens (including phenoxy) is 1. The molecular formula is C19H25N3O2. The van der Waals surface area contributed by atoms with Gasteiger partial charge in [-0.3, -0.25) is 4.79 Å². The second-order valence-electron chi connectivity index (χ2n) is 6.05. The molecule has 1 atom stereocenters. The molecule has 0 bridgehead atoms. The fourth-order valence-electron chi connectivity index (χ4n) is 2.48. The average molecular weight is 327 g/mol. The number of benzene rings is 1. The van der Waals surface area contributed by atoms with Gasteiger partial charge in [-0.2, -0.15) is 5.10 Å². The lowest BCUT2D eigenvalue weighted by molar-refractivity contribution is -0.119. The molecule has 1 amide bonds. The molecule has 0 saturated heterocycles. The van der Waals surface area contributed by atoms with Crippen LogP contribution in [0.4, 0.5) is 5.69 Å². The minimum atomic E-state index is -0.177. The van der Waals surface area contributed by atoms with Crippen LogP contribution in [0.1, 0.15) is 26.7 Å². The Morgan fingerprint density at radius 2 is 2.08 bits per heavy atom. The van der Waals surface area contributed by atoms with E-state index in [4.69, 9.17) is 4.74 Å². The van der Waals surface area contributed by atoms with Gasteiger partial charge in [0.1, 0.15) is 5.75 Å². The molecular weight excluding hydrogens is 302 g/mol. The Balaban J connectivity index is 1.86. The molecule has 1 aliphatic rings. The molecule has 1 unspecified atom stereocenters. The summed E-state index contributed by atoms with van der Waals surface area (Å²) in [6, 6.07) is 7.41. The first-order valence-corrected chi connectivity index (χ1v) is 8.05. The zero-order valence-corrected chi connectivity index (χ0v) is 14.6. The van der Waals surface area contributed by atoms with Crippen LogP contribution in [-0.2, 0) is 4.79 Å². The zero-order chi connectivity index (χ0) is 17.5. The molecule has 2 rings (SSSR count). The largest absolute Gasteiger partial charge is 0.497 e. The third-order valence-electron chi connectivity index (χ3n) is 4.16. The standard InChI is InChI=1S/C19H25N3O2/c1-13(2)15-6-5-14(3)18(11-15)21-22-19(23)12-20-16-7-9-17(24-4)10-8-16/h5,7-10,15,20H,1,6,11-12H2,2-4H3,(H,22,23). The van der Waals surface area contributed by atoms with Crippen molar-refractivity contribution in [1.29, 1.82) is 0 Å². The van der Waals surface area contributed by atoms with Gasteiger partial charge in [0.05, 0.1) is 19.4 Å². The molecule has 0 heterocycles. The molecule has 0 aromatic heterocycles. The molecule has 2 N–H and O–H groups in total. The third kappa shape index (κ3) is 4.98. The van der Waals surface area contributed by atoms with Gasteiger partial charge >= 0.3 is 0 Å². The predicted molar refractivity (Wildman–Crippen MR) is 98.4 cm³/mol. The number of hydrogen-bond acceptors (Lipinski definition) is 4. The number of nitrogens with zero attached hydrogens (tertiary/aromatic N) is 1. The van der Waals surface area contributed by atoms with Gasteiger partial charge in [-0.25, -0.2) is 5.43 Å². The lowest BCUT2D eigenvalue weighted by atomic mass is 9.85. The van der Waals surface area contributed by atoms with Crippen LogP contribution < -0.4 is 15.5 Å². The van der Waals surface area contributed by atoms with Gasteiger partial charge in [0.2, 0.25) is 0 Å². The molecule has 128 valence electrons. The van der Waals surface area contributed by atoms with Gasteiger partial charge in [0.25, 0.3) is 5.91 Å². The van der Waals surface area contributed by atoms with Crippen LogP contribution in [0.2, 0.25) is 0 Å². The number of anilines is 1. The van der Waals surface area contributed by atoms with Crippen molar-refractivity contribution >= 4 is 17.3 Å². The summed E-state index contributed by atoms with van der Waals surface area (Å²) in [6.07, 6.45) is 3.97. The summed E-state index contributed by atoms with van der Waals surface area (Å²) in [4.78, 5) is 12.0. The Bertz CT molecular complexity index is 660. The molecule has 1 aromatic rings. The smallest absolute Gasteiger partial charge is 0.259 e. The maximum Gasteiger partial charge on any atom is 0.259 e. The first-order chi connectivity index (χ1) is 11.5. The normalized spacial score (nSPS) is 18.7. The van der Waals surface area contributed by atoms with E-state index < -0.39 is 0 Å². The van der Waals surface area contributed by atoms with E-state index >= 15 is 0 Å². The van der Waals surface area contributed by atoms with E-state index in [1.807, 2.05) is 38.1 Å². The first-order valence-electron chi connectivity index (χ1n) is 8.05. The van der Waals surface area contributed by atoms with Crippen LogP contribution in [0.3, 0.4) is 0 Å². The maximum absolute atomic E-state index is 12.0. The summed E-state index contributed by atoms with van der Waals surface area (Å²) in [7, 11) is 1.62. The Kier molecular flexibility index (Phi) is 6.18. The van der Waals surface area contributed by atoms with Gasteiger partial charge in [-0.15, -0.1) is 0 Å². The Morgan fingerprint density at radius 1 is 1.38 bits per heavy atom. The SMILES string of the molecule is C=C(C)C1CC=C(C)C(=NNC(=O)CNc2ccc(OC)cc2)C1. The van der Waals surface area contributed by atoms with Crippen LogP contribution in [0.5, 0.6) is 5.75 Å². The minimum Gasteiger partial charge on any atom is -0.497 e. The molecule has 5 heteroatoms. The van der Waals surface area contributed by atoms with Crippen molar-refractivity contribution in [3.05, 3.63) is 48.1 Å². The summed E-state index contributed by atoms with van der Waals surface area (Å²) < 4.78 is 5.10. The Morgan fingerprint density at radius 3 is 2.71 bits per heavy atom. The fraction of sp³-hybridized carbons (Fsp3) is 0.368. The number of rotatable bonds is 6. The Labute approximate surface area is 143 Å². The minimum absolute atomic E-state index is 0.162. The highest BCUT2D eigenvalue weighted by Crippen LogP contribution is 2.26. The lowest BCUT2D eigenvalue weighted by Crippen LogP contribution is -2.28. The molecule has 5 nitrogen and oxygen atoms in total. The number of hydrogen-bond donors (Lipinski definition) is 2. The van der Waals surface area contributed by atoms with E-state index in [1.165, 1.54) is 0 Å². The van der Waals surface area contributed by atoms with Crippen molar-refractivity contribution < 1.29 is 9.53 Å². The highest BCUT2D eigenvalue weighted by atomic mass is 16.5. The van der Waals surface area contributed by atoms with Crippen molar-refractivity contribution in [2.75, 3.05) is 19.0 Å². The molecule has 1 aliphatic carbocycles. The molecule has 0 radical (unpaired) electrons. The second-order valence-corrected chi connectivity index (χ2v) is 6.05. The maximum atomic E-state index is 12.0. The monoisotopic (exact) mass is 327 g/mol. The van der Waals surface area contributed by atoms with Crippen LogP contribution >= 0.6 is 0 Å². The third-order valence-corrected chi connectivity index (χ3v) is 4.16. The number of methoxy groups -OCH3 is 1. The summed E-state index contributed by atoms with van der Waals surface area (Å²) in [5, 5.41) is 7.34. The average Bonchev–Trinajstić information content (AvgIpc) is 2.59. The van der Waals surface area contributed by atoms with Gasteiger partial charge in [-0.1, -0.05) is 18.2 Å². The van der Waals surface area contributed by atoms with Crippen LogP contribution in [0.25, 0.3) is 0 Å². The second kappa shape index (κ2) is 8.34. The summed E-state index contributed by atoms with van der Waals surface area (Å²) in [5.74, 6) is 1.01. The summed E-state index contributed by atoms with van der Waals surface area (Å²) in [6.45, 7) is 8.24. The summed E-state index contributed by atoms with van der Waals surface area (Å²) in [5.41, 5.74) is 6.68. The number of hydrazone groups is 1. The van der Waals surface area contributed by atoms with E-state index in [-0.39, 0.29) is 12.5 Å².